The summed E-state index contributed by atoms with van der Waals surface area (Å²) >= 11 is 0. The quantitative estimate of drug-likeness (QED) is 0.796. The lowest BCUT2D eigenvalue weighted by atomic mass is 9.89. The van der Waals surface area contributed by atoms with E-state index < -0.39 is 5.41 Å². The molecule has 0 spiro atoms. The van der Waals surface area contributed by atoms with Crippen LogP contribution in [0.5, 0.6) is 0 Å². The molecule has 4 nitrogen and oxygen atoms in total. The molecule has 1 saturated heterocycles. The van der Waals surface area contributed by atoms with Gasteiger partial charge >= 0.3 is 0 Å². The van der Waals surface area contributed by atoms with Crippen molar-refractivity contribution in [2.75, 3.05) is 18.8 Å². The van der Waals surface area contributed by atoms with Gasteiger partial charge in [-0.15, -0.1) is 0 Å². The largest absolute Gasteiger partial charge is 0.399 e. The molecule has 2 atom stereocenters. The van der Waals surface area contributed by atoms with Crippen molar-refractivity contribution in [1.29, 1.82) is 0 Å². The van der Waals surface area contributed by atoms with Crippen molar-refractivity contribution in [2.45, 2.75) is 26.3 Å². The van der Waals surface area contributed by atoms with Crippen molar-refractivity contribution >= 4 is 11.6 Å². The Morgan fingerprint density at radius 3 is 2.78 bits per heavy atom. The molecule has 1 aromatic carbocycles. The summed E-state index contributed by atoms with van der Waals surface area (Å²) in [4.78, 5) is 13.7. The lowest BCUT2D eigenvalue weighted by Crippen LogP contribution is -2.37. The lowest BCUT2D eigenvalue weighted by molar-refractivity contribution is -0.126. The van der Waals surface area contributed by atoms with E-state index in [4.69, 9.17) is 11.5 Å². The predicted molar refractivity (Wildman–Crippen MR) is 72.8 cm³/mol. The van der Waals surface area contributed by atoms with Gasteiger partial charge in [0.15, 0.2) is 0 Å². The number of primary amides is 1. The van der Waals surface area contributed by atoms with Crippen LogP contribution in [0.2, 0.25) is 0 Å². The van der Waals surface area contributed by atoms with Crippen molar-refractivity contribution in [1.82, 2.24) is 4.90 Å². The van der Waals surface area contributed by atoms with Gasteiger partial charge in [0.1, 0.15) is 0 Å². The number of carbonyl (C=O) groups excluding carboxylic acids is 1. The van der Waals surface area contributed by atoms with E-state index >= 15 is 0 Å². The topological polar surface area (TPSA) is 72.3 Å². The van der Waals surface area contributed by atoms with E-state index in [1.807, 2.05) is 25.1 Å². The van der Waals surface area contributed by atoms with Gasteiger partial charge in [-0.1, -0.05) is 12.1 Å². The summed E-state index contributed by atoms with van der Waals surface area (Å²) in [5.41, 5.74) is 12.8. The maximum absolute atomic E-state index is 11.5. The second kappa shape index (κ2) is 4.61. The third kappa shape index (κ3) is 2.34. The standard InChI is InChI=1S/C14H21N3O/c1-10(11-4-3-5-12(15)8-11)17-7-6-14(2,9-17)13(16)18/h3-5,8,10H,6-7,9,15H2,1-2H3,(H2,16,18). The first-order valence-electron chi connectivity index (χ1n) is 6.32. The molecule has 2 unspecified atom stereocenters. The number of anilines is 1. The van der Waals surface area contributed by atoms with Crippen molar-refractivity contribution in [3.05, 3.63) is 29.8 Å². The molecule has 18 heavy (non-hydrogen) atoms. The Hall–Kier alpha value is -1.55. The lowest BCUT2D eigenvalue weighted by Gasteiger charge is -2.27. The zero-order valence-electron chi connectivity index (χ0n) is 11.0. The Bertz CT molecular complexity index is 460. The van der Waals surface area contributed by atoms with E-state index in [0.29, 0.717) is 0 Å². The van der Waals surface area contributed by atoms with Gasteiger partial charge in [0.25, 0.3) is 0 Å². The molecule has 0 radical (unpaired) electrons. The molecule has 98 valence electrons. The molecule has 1 fully saturated rings. The highest BCUT2D eigenvalue weighted by atomic mass is 16.1. The first kappa shape index (κ1) is 12.9. The third-order valence-electron chi connectivity index (χ3n) is 4.04. The summed E-state index contributed by atoms with van der Waals surface area (Å²) in [6.07, 6.45) is 0.828. The molecule has 1 aliphatic rings. The maximum Gasteiger partial charge on any atom is 0.224 e. The third-order valence-corrected chi connectivity index (χ3v) is 4.04. The van der Waals surface area contributed by atoms with Crippen LogP contribution < -0.4 is 11.5 Å². The molecule has 1 amide bonds. The number of benzene rings is 1. The molecule has 0 aromatic heterocycles. The van der Waals surface area contributed by atoms with Crippen LogP contribution in [0.25, 0.3) is 0 Å². The smallest absolute Gasteiger partial charge is 0.224 e. The molecule has 1 aliphatic heterocycles. The number of hydrogen-bond donors (Lipinski definition) is 2. The van der Waals surface area contributed by atoms with E-state index in [1.54, 1.807) is 0 Å². The molecular weight excluding hydrogens is 226 g/mol. The molecule has 4 heteroatoms. The predicted octanol–water partition coefficient (Wildman–Crippen LogP) is 1.53. The molecule has 2 rings (SSSR count). The average molecular weight is 247 g/mol. The number of nitrogens with two attached hydrogens (primary N) is 2. The van der Waals surface area contributed by atoms with Crippen LogP contribution in [-0.4, -0.2) is 23.9 Å². The fourth-order valence-electron chi connectivity index (χ4n) is 2.56. The van der Waals surface area contributed by atoms with Gasteiger partial charge in [0, 0.05) is 18.3 Å². The summed E-state index contributed by atoms with van der Waals surface area (Å²) in [5, 5.41) is 0. The summed E-state index contributed by atoms with van der Waals surface area (Å²) in [5.74, 6) is -0.204. The molecule has 4 N–H and O–H groups in total. The van der Waals surface area contributed by atoms with E-state index in [9.17, 15) is 4.79 Å². The van der Waals surface area contributed by atoms with E-state index in [2.05, 4.69) is 17.9 Å². The van der Waals surface area contributed by atoms with Crippen molar-refractivity contribution < 1.29 is 4.79 Å². The number of hydrogen-bond acceptors (Lipinski definition) is 3. The summed E-state index contributed by atoms with van der Waals surface area (Å²) < 4.78 is 0. The second-order valence-corrected chi connectivity index (χ2v) is 5.49. The Morgan fingerprint density at radius 2 is 2.22 bits per heavy atom. The molecule has 0 saturated carbocycles. The first-order valence-corrected chi connectivity index (χ1v) is 6.32. The van der Waals surface area contributed by atoms with E-state index in [-0.39, 0.29) is 11.9 Å². The van der Waals surface area contributed by atoms with Crippen LogP contribution in [0.4, 0.5) is 5.69 Å². The van der Waals surface area contributed by atoms with Crippen LogP contribution in [-0.2, 0) is 4.79 Å². The molecule has 0 bridgehead atoms. The van der Waals surface area contributed by atoms with Crippen LogP contribution in [0.1, 0.15) is 31.9 Å². The summed E-state index contributed by atoms with van der Waals surface area (Å²) in [6, 6.07) is 8.17. The van der Waals surface area contributed by atoms with Gasteiger partial charge in [0.2, 0.25) is 5.91 Å². The van der Waals surface area contributed by atoms with Crippen molar-refractivity contribution in [3.8, 4) is 0 Å². The fraction of sp³-hybridized carbons (Fsp3) is 0.500. The van der Waals surface area contributed by atoms with Gasteiger partial charge in [-0.2, -0.15) is 0 Å². The van der Waals surface area contributed by atoms with Gasteiger partial charge in [-0.3, -0.25) is 9.69 Å². The minimum Gasteiger partial charge on any atom is -0.399 e. The highest BCUT2D eigenvalue weighted by Gasteiger charge is 2.40. The molecular formula is C14H21N3O. The first-order chi connectivity index (χ1) is 8.42. The molecule has 1 aromatic rings. The van der Waals surface area contributed by atoms with Gasteiger partial charge in [0.05, 0.1) is 5.41 Å². The number of nitrogens with zero attached hydrogens (tertiary/aromatic N) is 1. The van der Waals surface area contributed by atoms with Gasteiger partial charge < -0.3 is 11.5 Å². The minimum atomic E-state index is -0.394. The zero-order valence-corrected chi connectivity index (χ0v) is 11.0. The number of amides is 1. The Balaban J connectivity index is 2.12. The highest BCUT2D eigenvalue weighted by Crippen LogP contribution is 2.35. The summed E-state index contributed by atoms with van der Waals surface area (Å²) in [7, 11) is 0. The Morgan fingerprint density at radius 1 is 1.50 bits per heavy atom. The second-order valence-electron chi connectivity index (χ2n) is 5.49. The van der Waals surface area contributed by atoms with Gasteiger partial charge in [-0.05, 0) is 44.5 Å². The maximum atomic E-state index is 11.5. The van der Waals surface area contributed by atoms with Gasteiger partial charge in [-0.25, -0.2) is 0 Å². The molecule has 1 heterocycles. The van der Waals surface area contributed by atoms with Crippen LogP contribution in [0.15, 0.2) is 24.3 Å². The number of likely N-dealkylation sites (tertiary alicyclic amines) is 1. The zero-order chi connectivity index (χ0) is 13.3. The van der Waals surface area contributed by atoms with Crippen LogP contribution in [0, 0.1) is 5.41 Å². The SMILES string of the molecule is CC(c1cccc(N)c1)N1CCC(C)(C(N)=O)C1. The van der Waals surface area contributed by atoms with Crippen LogP contribution >= 0.6 is 0 Å². The van der Waals surface area contributed by atoms with E-state index in [0.717, 1.165) is 25.2 Å². The number of nitrogen functional groups attached to an aromatic ring is 1. The molecule has 0 aliphatic carbocycles. The number of rotatable bonds is 3. The van der Waals surface area contributed by atoms with E-state index in [1.165, 1.54) is 5.56 Å². The highest BCUT2D eigenvalue weighted by molar-refractivity contribution is 5.81. The normalized spacial score (nSPS) is 26.1. The average Bonchev–Trinajstić information content (AvgIpc) is 2.72. The minimum absolute atomic E-state index is 0.204. The monoisotopic (exact) mass is 247 g/mol. The Kier molecular flexibility index (Phi) is 3.30. The van der Waals surface area contributed by atoms with Crippen LogP contribution in [0.3, 0.4) is 0 Å². The van der Waals surface area contributed by atoms with Crippen molar-refractivity contribution in [3.63, 3.8) is 0 Å². The Labute approximate surface area is 108 Å². The fourth-order valence-corrected chi connectivity index (χ4v) is 2.56. The number of carbonyl (C=O) groups is 1. The summed E-state index contributed by atoms with van der Waals surface area (Å²) in [6.45, 7) is 5.70. The van der Waals surface area contributed by atoms with Crippen molar-refractivity contribution in [2.24, 2.45) is 11.1 Å².